The maximum atomic E-state index is 13.0. The number of benzene rings is 3. The Hall–Kier alpha value is -3.90. The molecule has 0 unspecified atom stereocenters. The number of aliphatic hydroxyl groups is 2. The molecule has 0 saturated carbocycles. The number of ether oxygens (including phenoxy) is 4. The Balaban J connectivity index is 1.54. The van der Waals surface area contributed by atoms with Gasteiger partial charge in [0.05, 0.1) is 39.6 Å². The molecule has 0 bridgehead atoms. The van der Waals surface area contributed by atoms with E-state index in [0.29, 0.717) is 0 Å². The minimum atomic E-state index is -1.71. The average molecular weight is 589 g/mol. The Morgan fingerprint density at radius 3 is 1.86 bits per heavy atom. The van der Waals surface area contributed by atoms with Crippen LogP contribution >= 0.6 is 0 Å². The molecule has 1 fully saturated rings. The third kappa shape index (κ3) is 6.54. The first-order valence-corrected chi connectivity index (χ1v) is 14.1. The predicted octanol–water partition coefficient (Wildman–Crippen LogP) is 2.86. The molecular weight excluding hydrogens is 552 g/mol. The monoisotopic (exact) mass is 588 g/mol. The molecule has 226 valence electrons. The van der Waals surface area contributed by atoms with Gasteiger partial charge < -0.3 is 29.2 Å². The molecule has 0 radical (unpaired) electrons. The van der Waals surface area contributed by atoms with Crippen molar-refractivity contribution in [2.75, 3.05) is 19.8 Å². The molecule has 0 spiro atoms. The molecule has 3 N–H and O–H groups in total. The summed E-state index contributed by atoms with van der Waals surface area (Å²) in [5.74, 6) is 0. The third-order valence-electron chi connectivity index (χ3n) is 7.75. The lowest BCUT2D eigenvalue weighted by Crippen LogP contribution is -2.65. The van der Waals surface area contributed by atoms with Crippen molar-refractivity contribution in [3.05, 3.63) is 140 Å². The maximum absolute atomic E-state index is 13.0. The largest absolute Gasteiger partial charge is 0.393 e. The molecule has 1 aliphatic rings. The molecule has 1 aliphatic heterocycles. The van der Waals surface area contributed by atoms with Gasteiger partial charge in [-0.15, -0.1) is 0 Å². The van der Waals surface area contributed by atoms with Gasteiger partial charge in [-0.05, 0) is 23.6 Å². The SMILES string of the molecule is Cc1cn([C@@H]2O[C@](CO)(COCc3ccccc3)[C@@](COCc3ccccc3)(OCc3ccccc3)[C@H]2O)c(=O)[nH]c1=O. The van der Waals surface area contributed by atoms with Gasteiger partial charge >= 0.3 is 5.69 Å². The summed E-state index contributed by atoms with van der Waals surface area (Å²) in [7, 11) is 0. The summed E-state index contributed by atoms with van der Waals surface area (Å²) >= 11 is 0. The number of H-pyrrole nitrogens is 1. The van der Waals surface area contributed by atoms with Gasteiger partial charge in [-0.3, -0.25) is 14.3 Å². The molecule has 2 heterocycles. The van der Waals surface area contributed by atoms with Crippen LogP contribution in [0.4, 0.5) is 0 Å². The smallest absolute Gasteiger partial charge is 0.330 e. The van der Waals surface area contributed by atoms with E-state index in [1.807, 2.05) is 91.0 Å². The summed E-state index contributed by atoms with van der Waals surface area (Å²) in [5, 5.41) is 23.1. The van der Waals surface area contributed by atoms with Crippen LogP contribution in [-0.4, -0.2) is 56.9 Å². The number of aliphatic hydroxyl groups excluding tert-OH is 2. The van der Waals surface area contributed by atoms with E-state index < -0.39 is 41.4 Å². The number of nitrogens with one attached hydrogen (secondary N) is 1. The Morgan fingerprint density at radius 1 is 0.814 bits per heavy atom. The summed E-state index contributed by atoms with van der Waals surface area (Å²) < 4.78 is 26.4. The maximum Gasteiger partial charge on any atom is 0.330 e. The summed E-state index contributed by atoms with van der Waals surface area (Å²) in [6.07, 6.45) is -1.55. The lowest BCUT2D eigenvalue weighted by molar-refractivity contribution is -0.240. The molecule has 0 aliphatic carbocycles. The summed E-state index contributed by atoms with van der Waals surface area (Å²) in [4.78, 5) is 27.4. The predicted molar refractivity (Wildman–Crippen MR) is 158 cm³/mol. The number of aromatic nitrogens is 2. The van der Waals surface area contributed by atoms with Crippen molar-refractivity contribution >= 4 is 0 Å². The summed E-state index contributed by atoms with van der Waals surface area (Å²) in [6, 6.07) is 28.4. The van der Waals surface area contributed by atoms with Crippen LogP contribution in [0.25, 0.3) is 0 Å². The van der Waals surface area contributed by atoms with E-state index in [4.69, 9.17) is 18.9 Å². The van der Waals surface area contributed by atoms with Crippen LogP contribution in [0, 0.1) is 6.92 Å². The standard InChI is InChI=1S/C33H36N2O8/c1-24-17-35(31(39)34-29(24)38)30-28(37)33(42-20-27-15-9-4-10-16-27,23-41-19-26-13-7-3-8-14-26)32(21-36,43-30)22-40-18-25-11-5-2-6-12-25/h2-17,28,30,36-37H,18-23H2,1H3,(H,34,38,39)/t28-,30+,32+,33-/m0/s1. The molecule has 0 amide bonds. The van der Waals surface area contributed by atoms with E-state index >= 15 is 0 Å². The highest BCUT2D eigenvalue weighted by Crippen LogP contribution is 2.48. The molecule has 4 aromatic rings. The normalized spacial score (nSPS) is 23.4. The molecule has 3 aromatic carbocycles. The molecule has 43 heavy (non-hydrogen) atoms. The van der Waals surface area contributed by atoms with Crippen LogP contribution in [0.3, 0.4) is 0 Å². The topological polar surface area (TPSA) is 132 Å². The third-order valence-corrected chi connectivity index (χ3v) is 7.75. The van der Waals surface area contributed by atoms with Gasteiger partial charge in [-0.1, -0.05) is 91.0 Å². The molecular formula is C33H36N2O8. The van der Waals surface area contributed by atoms with Gasteiger partial charge in [0, 0.05) is 11.8 Å². The van der Waals surface area contributed by atoms with Crippen molar-refractivity contribution in [3.8, 4) is 0 Å². The number of aryl methyl sites for hydroxylation is 1. The van der Waals surface area contributed by atoms with Crippen LogP contribution in [0.2, 0.25) is 0 Å². The highest BCUT2D eigenvalue weighted by Gasteiger charge is 2.68. The second-order valence-corrected chi connectivity index (χ2v) is 10.7. The lowest BCUT2D eigenvalue weighted by Gasteiger charge is -2.43. The lowest BCUT2D eigenvalue weighted by atomic mass is 9.81. The van der Waals surface area contributed by atoms with Gasteiger partial charge in [0.2, 0.25) is 0 Å². The van der Waals surface area contributed by atoms with Crippen molar-refractivity contribution < 1.29 is 29.2 Å². The number of rotatable bonds is 13. The molecule has 10 heteroatoms. The minimum absolute atomic E-state index is 0.0443. The Morgan fingerprint density at radius 2 is 1.33 bits per heavy atom. The minimum Gasteiger partial charge on any atom is -0.393 e. The van der Waals surface area contributed by atoms with Crippen LogP contribution in [0.15, 0.2) is 107 Å². The molecule has 5 rings (SSSR count). The number of nitrogens with zero attached hydrogens (tertiary/aromatic N) is 1. The zero-order valence-corrected chi connectivity index (χ0v) is 23.9. The molecule has 1 saturated heterocycles. The van der Waals surface area contributed by atoms with Crippen LogP contribution in [0.1, 0.15) is 28.5 Å². The van der Waals surface area contributed by atoms with Crippen molar-refractivity contribution in [2.45, 2.75) is 50.3 Å². The van der Waals surface area contributed by atoms with E-state index in [1.54, 1.807) is 6.92 Å². The fraction of sp³-hybridized carbons (Fsp3) is 0.333. The van der Waals surface area contributed by atoms with Gasteiger partial charge in [0.15, 0.2) is 17.4 Å². The van der Waals surface area contributed by atoms with Crippen molar-refractivity contribution in [2.24, 2.45) is 0 Å². The fourth-order valence-electron chi connectivity index (χ4n) is 5.32. The highest BCUT2D eigenvalue weighted by atomic mass is 16.6. The van der Waals surface area contributed by atoms with Gasteiger partial charge in [-0.2, -0.15) is 0 Å². The van der Waals surface area contributed by atoms with E-state index in [2.05, 4.69) is 4.98 Å². The number of hydrogen-bond donors (Lipinski definition) is 3. The quantitative estimate of drug-likeness (QED) is 0.217. The Labute approximate surface area is 249 Å². The average Bonchev–Trinajstić information content (AvgIpc) is 3.27. The first kappa shape index (κ1) is 30.6. The van der Waals surface area contributed by atoms with Gasteiger partial charge in [0.25, 0.3) is 5.56 Å². The Kier molecular flexibility index (Phi) is 9.66. The second kappa shape index (κ2) is 13.6. The molecule has 1 aromatic heterocycles. The van der Waals surface area contributed by atoms with E-state index in [1.165, 1.54) is 6.20 Å². The summed E-state index contributed by atoms with van der Waals surface area (Å²) in [5.41, 5.74) is -1.87. The van der Waals surface area contributed by atoms with Crippen LogP contribution in [0.5, 0.6) is 0 Å². The van der Waals surface area contributed by atoms with Crippen LogP contribution < -0.4 is 11.2 Å². The van der Waals surface area contributed by atoms with Crippen LogP contribution in [-0.2, 0) is 38.8 Å². The summed E-state index contributed by atoms with van der Waals surface area (Å²) in [6.45, 7) is 0.938. The second-order valence-electron chi connectivity index (χ2n) is 10.7. The molecule has 4 atom stereocenters. The Bertz CT molecular complexity index is 1580. The van der Waals surface area contributed by atoms with Gasteiger partial charge in [-0.25, -0.2) is 4.79 Å². The van der Waals surface area contributed by atoms with Crippen molar-refractivity contribution in [1.29, 1.82) is 0 Å². The van der Waals surface area contributed by atoms with E-state index in [9.17, 15) is 19.8 Å². The van der Waals surface area contributed by atoms with E-state index in [0.717, 1.165) is 21.3 Å². The zero-order chi connectivity index (χ0) is 30.3. The van der Waals surface area contributed by atoms with Gasteiger partial charge in [0.1, 0.15) is 6.10 Å². The number of aromatic amines is 1. The highest BCUT2D eigenvalue weighted by molar-refractivity contribution is 5.19. The number of hydrogen-bond acceptors (Lipinski definition) is 8. The van der Waals surface area contributed by atoms with Crippen molar-refractivity contribution in [3.63, 3.8) is 0 Å². The molecule has 10 nitrogen and oxygen atoms in total. The first-order chi connectivity index (χ1) is 20.9. The van der Waals surface area contributed by atoms with Crippen molar-refractivity contribution in [1.82, 2.24) is 9.55 Å². The van der Waals surface area contributed by atoms with E-state index in [-0.39, 0.29) is 38.6 Å². The first-order valence-electron chi connectivity index (χ1n) is 14.1. The fourth-order valence-corrected chi connectivity index (χ4v) is 5.32. The zero-order valence-electron chi connectivity index (χ0n) is 23.9.